The van der Waals surface area contributed by atoms with Gasteiger partial charge in [-0.3, -0.25) is 9.69 Å². The van der Waals surface area contributed by atoms with Gasteiger partial charge in [0.2, 0.25) is 35.3 Å². The van der Waals surface area contributed by atoms with E-state index >= 15 is 0 Å². The fraction of sp³-hybridized carbons (Fsp3) is 0.475. The minimum atomic E-state index is -0.977. The summed E-state index contributed by atoms with van der Waals surface area (Å²) in [5.41, 5.74) is -0.742. The highest BCUT2D eigenvalue weighted by Crippen LogP contribution is 2.39. The summed E-state index contributed by atoms with van der Waals surface area (Å²) in [6, 6.07) is -1.39. The van der Waals surface area contributed by atoms with Gasteiger partial charge in [0.05, 0.1) is 13.2 Å². The number of esters is 1. The Morgan fingerprint density at radius 1 is 0.820 bits per heavy atom. The van der Waals surface area contributed by atoms with E-state index < -0.39 is 41.4 Å². The first kappa shape index (κ1) is 42.9. The van der Waals surface area contributed by atoms with E-state index in [4.69, 9.17) is 45.7 Å². The van der Waals surface area contributed by atoms with Crippen LogP contribution >= 0.6 is 11.8 Å². The van der Waals surface area contributed by atoms with Gasteiger partial charge >= 0.3 is 12.1 Å². The van der Waals surface area contributed by atoms with Crippen LogP contribution in [0.25, 0.3) is 46.3 Å². The topological polar surface area (TPSA) is 250 Å². The van der Waals surface area contributed by atoms with Gasteiger partial charge in [-0.05, 0) is 55.4 Å². The van der Waals surface area contributed by atoms with Crippen LogP contribution in [0.5, 0.6) is 0 Å². The van der Waals surface area contributed by atoms with Crippen LogP contribution in [-0.4, -0.2) is 87.8 Å². The molecule has 0 unspecified atom stereocenters. The van der Waals surface area contributed by atoms with Crippen molar-refractivity contribution in [1.82, 2.24) is 40.1 Å². The van der Waals surface area contributed by atoms with Gasteiger partial charge < -0.3 is 46.0 Å². The number of ether oxygens (including phenoxy) is 3. The molecule has 2 amide bonds. The number of nitrogens with one attached hydrogen (secondary N) is 1. The summed E-state index contributed by atoms with van der Waals surface area (Å²) in [7, 11) is 0. The average molecular weight is 863 g/mol. The molecule has 21 heteroatoms. The van der Waals surface area contributed by atoms with E-state index in [1.807, 2.05) is 20.8 Å². The molecule has 2 atom stereocenters. The number of amides is 2. The number of hydrogen-bond donors (Lipinski definition) is 1. The normalized spacial score (nSPS) is 15.9. The summed E-state index contributed by atoms with van der Waals surface area (Å²) in [6.07, 6.45) is 4.48. The maximum Gasteiger partial charge on any atom is 0.413 e. The Bertz CT molecular complexity index is 2540. The van der Waals surface area contributed by atoms with E-state index in [-0.39, 0.29) is 81.8 Å². The monoisotopic (exact) mass is 862 g/mol. The highest BCUT2D eigenvalue weighted by molar-refractivity contribution is 8.00. The zero-order valence-corrected chi connectivity index (χ0v) is 36.3. The number of nitrogens with zero attached hydrogens (tertiary/aromatic N) is 7. The molecule has 20 nitrogen and oxygen atoms in total. The van der Waals surface area contributed by atoms with Gasteiger partial charge in [-0.15, -0.1) is 0 Å². The predicted molar refractivity (Wildman–Crippen MR) is 214 cm³/mol. The number of hydrogen-bond acceptors (Lipinski definition) is 19. The van der Waals surface area contributed by atoms with Crippen molar-refractivity contribution in [1.29, 1.82) is 0 Å². The molecule has 0 aromatic carbocycles. The largest absolute Gasteiger partial charge is 0.461 e. The molecule has 1 saturated heterocycles. The standard InChI is InChI=1S/C40H46N8O12S/c1-12-52-36(50)24-16-56-34(45-24)27-19(2)59-35(47-27)28-20(3)58-32(46-28)25(18-61-39(7,8)9)41-29(49)21-13-53-30(42-21)22-14-54-31(43-22)23-15-55-33(44-23)26-17-57-40(10,11)48(26)37(51)60-38(4,5)6/h13-16,25-26H,12,17-18H2,1-11H3,(H,41,49)/t25-,26-/m0/s1. The number of carbonyl (C=O) groups excluding carboxylic acids is 3. The maximum absolute atomic E-state index is 13.7. The molecule has 1 aliphatic rings. The highest BCUT2D eigenvalue weighted by Gasteiger charge is 2.48. The van der Waals surface area contributed by atoms with Crippen molar-refractivity contribution in [2.24, 2.45) is 0 Å². The minimum Gasteiger partial charge on any atom is -0.461 e. The molecule has 324 valence electrons. The number of rotatable bonds is 12. The quantitative estimate of drug-likeness (QED) is 0.114. The summed E-state index contributed by atoms with van der Waals surface area (Å²) >= 11 is 1.59. The Balaban J connectivity index is 1.06. The minimum absolute atomic E-state index is 0.00332. The van der Waals surface area contributed by atoms with Gasteiger partial charge in [0.25, 0.3) is 5.91 Å². The van der Waals surface area contributed by atoms with E-state index in [1.165, 1.54) is 30.0 Å². The van der Waals surface area contributed by atoms with E-state index in [1.54, 1.807) is 67.2 Å². The van der Waals surface area contributed by atoms with Crippen molar-refractivity contribution in [2.75, 3.05) is 19.0 Å². The van der Waals surface area contributed by atoms with Crippen LogP contribution in [0, 0.1) is 13.8 Å². The van der Waals surface area contributed by atoms with Crippen molar-refractivity contribution in [3.63, 3.8) is 0 Å². The van der Waals surface area contributed by atoms with Crippen molar-refractivity contribution >= 4 is 29.7 Å². The second-order valence-electron chi connectivity index (χ2n) is 16.4. The molecular weight excluding hydrogens is 817 g/mol. The molecule has 1 aliphatic heterocycles. The van der Waals surface area contributed by atoms with Crippen LogP contribution in [0.1, 0.15) is 119 Å². The van der Waals surface area contributed by atoms with Crippen molar-refractivity contribution in [3.8, 4) is 46.3 Å². The first-order chi connectivity index (χ1) is 28.7. The summed E-state index contributed by atoms with van der Waals surface area (Å²) in [6.45, 7) is 20.4. The van der Waals surface area contributed by atoms with Gasteiger partial charge in [-0.2, -0.15) is 11.8 Å². The zero-order valence-electron chi connectivity index (χ0n) is 35.5. The van der Waals surface area contributed by atoms with Crippen LogP contribution < -0.4 is 5.32 Å². The molecular formula is C40H46N8O12S. The third-order valence-corrected chi connectivity index (χ3v) is 10.2. The van der Waals surface area contributed by atoms with Crippen molar-refractivity contribution in [2.45, 2.75) is 104 Å². The summed E-state index contributed by atoms with van der Waals surface area (Å²) in [5.74, 6) is 0.629. The molecule has 0 aliphatic carbocycles. The SMILES string of the molecule is CCOC(=O)c1coc(-c2nc(-c3nc([C@H](CSC(C)(C)C)NC(=O)c4coc(-c5coc(-c6coc([C@@H]7COC(C)(C)N7C(=O)OC(C)(C)C)n6)n5)n4)oc3C)oc2C)n1. The van der Waals surface area contributed by atoms with Gasteiger partial charge in [0, 0.05) is 10.5 Å². The Hall–Kier alpha value is -6.22. The van der Waals surface area contributed by atoms with Crippen LogP contribution in [0.2, 0.25) is 0 Å². The lowest BCUT2D eigenvalue weighted by molar-refractivity contribution is -0.0634. The number of oxazole rings is 6. The molecule has 6 aromatic rings. The molecule has 7 rings (SSSR count). The lowest BCUT2D eigenvalue weighted by Gasteiger charge is -2.34. The molecule has 0 spiro atoms. The number of aryl methyl sites for hydroxylation is 2. The van der Waals surface area contributed by atoms with Crippen LogP contribution in [0.15, 0.2) is 51.6 Å². The Labute approximate surface area is 353 Å². The Kier molecular flexibility index (Phi) is 11.5. The second-order valence-corrected chi connectivity index (χ2v) is 18.2. The fourth-order valence-electron chi connectivity index (χ4n) is 6.05. The van der Waals surface area contributed by atoms with Crippen LogP contribution in [-0.2, 0) is 14.2 Å². The van der Waals surface area contributed by atoms with Crippen LogP contribution in [0.3, 0.4) is 0 Å². The van der Waals surface area contributed by atoms with Crippen molar-refractivity contribution < 1.29 is 55.1 Å². The first-order valence-corrected chi connectivity index (χ1v) is 20.2. The summed E-state index contributed by atoms with van der Waals surface area (Å²) < 4.78 is 51.0. The predicted octanol–water partition coefficient (Wildman–Crippen LogP) is 8.12. The fourth-order valence-corrected chi connectivity index (χ4v) is 6.94. The molecule has 6 aromatic heterocycles. The van der Waals surface area contributed by atoms with Gasteiger partial charge in [-0.1, -0.05) is 20.8 Å². The Morgan fingerprint density at radius 2 is 1.44 bits per heavy atom. The third kappa shape index (κ3) is 9.41. The van der Waals surface area contributed by atoms with E-state index in [0.29, 0.717) is 23.0 Å². The molecule has 7 heterocycles. The smallest absolute Gasteiger partial charge is 0.413 e. The first-order valence-electron chi connectivity index (χ1n) is 19.3. The van der Waals surface area contributed by atoms with Gasteiger partial charge in [0.15, 0.2) is 34.2 Å². The van der Waals surface area contributed by atoms with Gasteiger partial charge in [0.1, 0.15) is 60.0 Å². The summed E-state index contributed by atoms with van der Waals surface area (Å²) in [4.78, 5) is 67.2. The van der Waals surface area contributed by atoms with E-state index in [9.17, 15) is 14.4 Å². The average Bonchev–Trinajstić information content (AvgIpc) is 4.02. The molecule has 0 bridgehead atoms. The van der Waals surface area contributed by atoms with Crippen molar-refractivity contribution in [3.05, 3.63) is 59.7 Å². The number of aromatic nitrogens is 6. The molecule has 0 radical (unpaired) electrons. The molecule has 1 N–H and O–H groups in total. The highest BCUT2D eigenvalue weighted by atomic mass is 32.2. The Morgan fingerprint density at radius 3 is 2.16 bits per heavy atom. The second kappa shape index (κ2) is 16.3. The molecule has 0 saturated carbocycles. The van der Waals surface area contributed by atoms with Crippen LogP contribution in [0.4, 0.5) is 4.79 Å². The van der Waals surface area contributed by atoms with E-state index in [0.717, 1.165) is 0 Å². The number of carbonyl (C=O) groups is 3. The molecule has 1 fully saturated rings. The lowest BCUT2D eigenvalue weighted by Crippen LogP contribution is -2.47. The third-order valence-electron chi connectivity index (χ3n) is 8.85. The number of thioether (sulfide) groups is 1. The summed E-state index contributed by atoms with van der Waals surface area (Å²) in [5, 5.41) is 2.96. The van der Waals surface area contributed by atoms with E-state index in [2.05, 4.69) is 30.2 Å². The zero-order chi connectivity index (χ0) is 44.0. The molecule has 61 heavy (non-hydrogen) atoms. The lowest BCUT2D eigenvalue weighted by atomic mass is 10.2. The van der Waals surface area contributed by atoms with Gasteiger partial charge in [-0.25, -0.2) is 39.5 Å². The maximum atomic E-state index is 13.7.